The Kier molecular flexibility index (Phi) is 5.92. The predicted molar refractivity (Wildman–Crippen MR) is 106 cm³/mol. The van der Waals surface area contributed by atoms with Crippen molar-refractivity contribution in [2.75, 3.05) is 28.4 Å². The molecule has 3 rings (SSSR count). The molecule has 0 aromatic heterocycles. The largest absolute Gasteiger partial charge is 0.495 e. The minimum Gasteiger partial charge on any atom is -0.495 e. The van der Waals surface area contributed by atoms with Gasteiger partial charge in [-0.2, -0.15) is 13.2 Å². The Morgan fingerprint density at radius 2 is 1.83 bits per heavy atom. The maximum Gasteiger partial charge on any atom is 0.416 e. The van der Waals surface area contributed by atoms with Gasteiger partial charge in [0.15, 0.2) is 0 Å². The number of benzene rings is 2. The van der Waals surface area contributed by atoms with Crippen LogP contribution in [0.2, 0.25) is 0 Å². The van der Waals surface area contributed by atoms with Crippen LogP contribution in [0.5, 0.6) is 5.75 Å². The molecule has 0 saturated carbocycles. The van der Waals surface area contributed by atoms with Crippen molar-refractivity contribution in [3.63, 3.8) is 0 Å². The van der Waals surface area contributed by atoms with Gasteiger partial charge >= 0.3 is 6.18 Å². The SMILES string of the molecule is COc1ccc(N2CCCCS2(=O)=O)cc1S(=O)(=O)Nc1cccc(C(F)(F)F)c1. The van der Waals surface area contributed by atoms with E-state index in [-0.39, 0.29) is 34.3 Å². The zero-order valence-electron chi connectivity index (χ0n) is 15.8. The van der Waals surface area contributed by atoms with Crippen molar-refractivity contribution < 1.29 is 34.7 Å². The molecule has 2 aromatic rings. The molecule has 1 heterocycles. The lowest BCUT2D eigenvalue weighted by molar-refractivity contribution is -0.137. The van der Waals surface area contributed by atoms with Crippen molar-refractivity contribution in [3.8, 4) is 5.75 Å². The first-order chi connectivity index (χ1) is 13.9. The van der Waals surface area contributed by atoms with Crippen LogP contribution in [0, 0.1) is 0 Å². The molecule has 7 nitrogen and oxygen atoms in total. The summed E-state index contributed by atoms with van der Waals surface area (Å²) >= 11 is 0. The number of hydrogen-bond donors (Lipinski definition) is 1. The van der Waals surface area contributed by atoms with Gasteiger partial charge < -0.3 is 4.74 Å². The standard InChI is InChI=1S/C18H19F3N2O5S2/c1-28-16-8-7-15(23-9-2-3-10-29(23,24)25)12-17(16)30(26,27)22-14-6-4-5-13(11-14)18(19,20)21/h4-8,11-12,22H,2-3,9-10H2,1H3. The number of alkyl halides is 3. The van der Waals surface area contributed by atoms with E-state index in [9.17, 15) is 30.0 Å². The van der Waals surface area contributed by atoms with E-state index in [0.717, 1.165) is 22.5 Å². The zero-order valence-corrected chi connectivity index (χ0v) is 17.4. The molecule has 0 spiro atoms. The van der Waals surface area contributed by atoms with Crippen LogP contribution in [-0.4, -0.2) is 36.2 Å². The first-order valence-electron chi connectivity index (χ1n) is 8.82. The van der Waals surface area contributed by atoms with Crippen molar-refractivity contribution in [2.24, 2.45) is 0 Å². The summed E-state index contributed by atoms with van der Waals surface area (Å²) in [6, 6.07) is 7.61. The first kappa shape index (κ1) is 22.2. The quantitative estimate of drug-likeness (QED) is 0.732. The van der Waals surface area contributed by atoms with E-state index >= 15 is 0 Å². The second-order valence-corrected chi connectivity index (χ2v) is 10.3. The summed E-state index contributed by atoms with van der Waals surface area (Å²) in [6.07, 6.45) is -3.51. The van der Waals surface area contributed by atoms with E-state index in [2.05, 4.69) is 4.72 Å². The van der Waals surface area contributed by atoms with Crippen LogP contribution >= 0.6 is 0 Å². The topological polar surface area (TPSA) is 92.8 Å². The maximum absolute atomic E-state index is 12.9. The molecule has 12 heteroatoms. The molecule has 0 amide bonds. The lowest BCUT2D eigenvalue weighted by Crippen LogP contribution is -2.37. The van der Waals surface area contributed by atoms with Gasteiger partial charge in [-0.1, -0.05) is 6.07 Å². The van der Waals surface area contributed by atoms with Crippen molar-refractivity contribution in [3.05, 3.63) is 48.0 Å². The van der Waals surface area contributed by atoms with Crippen LogP contribution in [0.3, 0.4) is 0 Å². The molecule has 0 atom stereocenters. The number of hydrogen-bond acceptors (Lipinski definition) is 5. The van der Waals surface area contributed by atoms with E-state index < -0.39 is 31.8 Å². The number of nitrogens with zero attached hydrogens (tertiary/aromatic N) is 1. The molecule has 0 unspecified atom stereocenters. The van der Waals surface area contributed by atoms with E-state index in [1.165, 1.54) is 25.3 Å². The molecule has 0 aliphatic carbocycles. The van der Waals surface area contributed by atoms with E-state index in [1.807, 2.05) is 0 Å². The maximum atomic E-state index is 12.9. The Bertz CT molecular complexity index is 1150. The average Bonchev–Trinajstić information content (AvgIpc) is 2.66. The van der Waals surface area contributed by atoms with E-state index in [4.69, 9.17) is 4.74 Å². The lowest BCUT2D eigenvalue weighted by Gasteiger charge is -2.28. The second-order valence-electron chi connectivity index (χ2n) is 6.61. The minimum atomic E-state index is -4.64. The fourth-order valence-corrected chi connectivity index (χ4v) is 5.95. The second kappa shape index (κ2) is 7.99. The normalized spacial score (nSPS) is 16.9. The fourth-order valence-electron chi connectivity index (χ4n) is 3.08. The number of ether oxygens (including phenoxy) is 1. The highest BCUT2D eigenvalue weighted by molar-refractivity contribution is 7.93. The Morgan fingerprint density at radius 3 is 2.47 bits per heavy atom. The molecule has 2 aromatic carbocycles. The number of methoxy groups -OCH3 is 1. The van der Waals surface area contributed by atoms with Gasteiger partial charge in [0.05, 0.1) is 24.1 Å². The van der Waals surface area contributed by atoms with Crippen molar-refractivity contribution in [2.45, 2.75) is 23.9 Å². The van der Waals surface area contributed by atoms with Crippen molar-refractivity contribution in [1.29, 1.82) is 0 Å². The van der Waals surface area contributed by atoms with Crippen LogP contribution in [0.1, 0.15) is 18.4 Å². The van der Waals surface area contributed by atoms with Gasteiger partial charge in [0.1, 0.15) is 10.6 Å². The molecule has 0 radical (unpaired) electrons. The summed E-state index contributed by atoms with van der Waals surface area (Å²) in [5.41, 5.74) is -1.16. The van der Waals surface area contributed by atoms with Crippen LogP contribution < -0.4 is 13.8 Å². The van der Waals surface area contributed by atoms with Gasteiger partial charge in [0.2, 0.25) is 10.0 Å². The van der Waals surface area contributed by atoms with Gasteiger partial charge in [0.25, 0.3) is 10.0 Å². The number of rotatable bonds is 5. The molecule has 1 fully saturated rings. The van der Waals surface area contributed by atoms with Crippen LogP contribution in [-0.2, 0) is 26.2 Å². The Morgan fingerprint density at radius 1 is 1.10 bits per heavy atom. The van der Waals surface area contributed by atoms with Crippen molar-refractivity contribution in [1.82, 2.24) is 0 Å². The molecule has 1 aliphatic heterocycles. The Hall–Kier alpha value is -2.47. The van der Waals surface area contributed by atoms with Crippen molar-refractivity contribution >= 4 is 31.4 Å². The Balaban J connectivity index is 2.01. The molecule has 1 aliphatic rings. The number of sulfonamides is 2. The summed E-state index contributed by atoms with van der Waals surface area (Å²) in [6.45, 7) is 0.204. The molecule has 30 heavy (non-hydrogen) atoms. The zero-order chi connectivity index (χ0) is 22.2. The predicted octanol–water partition coefficient (Wildman–Crippen LogP) is 3.44. The van der Waals surface area contributed by atoms with E-state index in [1.54, 1.807) is 0 Å². The molecule has 0 bridgehead atoms. The monoisotopic (exact) mass is 464 g/mol. The van der Waals surface area contributed by atoms with Crippen LogP contribution in [0.4, 0.5) is 24.5 Å². The highest BCUT2D eigenvalue weighted by Crippen LogP contribution is 2.34. The highest BCUT2D eigenvalue weighted by Gasteiger charge is 2.32. The average molecular weight is 464 g/mol. The number of nitrogens with one attached hydrogen (secondary N) is 1. The molecule has 1 saturated heterocycles. The Labute approximate surface area is 172 Å². The minimum absolute atomic E-state index is 0.0520. The molecular weight excluding hydrogens is 445 g/mol. The third-order valence-corrected chi connectivity index (χ3v) is 7.79. The summed E-state index contributed by atoms with van der Waals surface area (Å²) in [7, 11) is -6.74. The molecule has 164 valence electrons. The van der Waals surface area contributed by atoms with Gasteiger partial charge in [0, 0.05) is 12.2 Å². The summed E-state index contributed by atoms with van der Waals surface area (Å²) in [4.78, 5) is -0.388. The van der Waals surface area contributed by atoms with Gasteiger partial charge in [-0.25, -0.2) is 16.8 Å². The number of halogens is 3. The third kappa shape index (κ3) is 4.64. The third-order valence-electron chi connectivity index (χ3n) is 4.52. The van der Waals surface area contributed by atoms with E-state index in [0.29, 0.717) is 18.9 Å². The van der Waals surface area contributed by atoms with Crippen LogP contribution in [0.25, 0.3) is 0 Å². The molecular formula is C18H19F3N2O5S2. The first-order valence-corrected chi connectivity index (χ1v) is 11.9. The summed E-state index contributed by atoms with van der Waals surface area (Å²) < 4.78 is 97.5. The van der Waals surface area contributed by atoms with Gasteiger partial charge in [-0.15, -0.1) is 0 Å². The van der Waals surface area contributed by atoms with Crippen LogP contribution in [0.15, 0.2) is 47.4 Å². The summed E-state index contributed by atoms with van der Waals surface area (Å²) in [5, 5.41) is 0. The summed E-state index contributed by atoms with van der Waals surface area (Å²) in [5.74, 6) is -0.128. The van der Waals surface area contributed by atoms with Gasteiger partial charge in [-0.3, -0.25) is 9.03 Å². The van der Waals surface area contributed by atoms with Gasteiger partial charge in [-0.05, 0) is 49.2 Å². The fraction of sp³-hybridized carbons (Fsp3) is 0.333. The smallest absolute Gasteiger partial charge is 0.416 e. The lowest BCUT2D eigenvalue weighted by atomic mass is 10.2. The highest BCUT2D eigenvalue weighted by atomic mass is 32.2. The number of anilines is 2. The molecule has 1 N–H and O–H groups in total.